The number of sulfonamides is 1. The quantitative estimate of drug-likeness (QED) is 0.556. The highest BCUT2D eigenvalue weighted by Gasteiger charge is 2.32. The van der Waals surface area contributed by atoms with Gasteiger partial charge in [-0.1, -0.05) is 54.6 Å². The number of hydrogen-bond donors (Lipinski definition) is 1. The molecule has 1 heterocycles. The van der Waals surface area contributed by atoms with Gasteiger partial charge in [0, 0.05) is 6.07 Å². The normalized spacial score (nSPS) is 14.7. The zero-order chi connectivity index (χ0) is 24.3. The maximum Gasteiger partial charge on any atom is 0.244 e. The number of ether oxygens (including phenoxy) is 2. The number of nitrogens with zero attached hydrogens (tertiary/aromatic N) is 1. The van der Waals surface area contributed by atoms with Gasteiger partial charge in [-0.2, -0.15) is 0 Å². The number of fused-ring (bicyclic) bond motifs is 1. The maximum atomic E-state index is 13.5. The van der Waals surface area contributed by atoms with Crippen LogP contribution in [-0.4, -0.2) is 39.8 Å². The van der Waals surface area contributed by atoms with Gasteiger partial charge in [0.2, 0.25) is 15.9 Å². The second kappa shape index (κ2) is 9.77. The molecule has 4 rings (SSSR count). The average molecular weight is 481 g/mol. The molecule has 3 aromatic carbocycles. The maximum absolute atomic E-state index is 13.5. The molecule has 0 unspecified atom stereocenters. The first-order valence-corrected chi connectivity index (χ1v) is 12.9. The Morgan fingerprint density at radius 1 is 0.941 bits per heavy atom. The van der Waals surface area contributed by atoms with E-state index in [2.05, 4.69) is 5.32 Å². The number of nitrogens with one attached hydrogen (secondary N) is 1. The zero-order valence-corrected chi connectivity index (χ0v) is 20.2. The molecule has 1 amide bonds. The van der Waals surface area contributed by atoms with E-state index in [0.29, 0.717) is 30.4 Å². The summed E-state index contributed by atoms with van der Waals surface area (Å²) in [5.74, 6) is 0.578. The molecule has 0 saturated heterocycles. The van der Waals surface area contributed by atoms with Crippen molar-refractivity contribution >= 4 is 21.6 Å². The Morgan fingerprint density at radius 2 is 1.59 bits per heavy atom. The van der Waals surface area contributed by atoms with Gasteiger partial charge in [0.15, 0.2) is 11.5 Å². The van der Waals surface area contributed by atoms with E-state index in [1.54, 1.807) is 25.1 Å². The Bertz CT molecular complexity index is 1280. The molecule has 0 fully saturated rings. The number of hydrogen-bond acceptors (Lipinski definition) is 5. The molecule has 3 aromatic rings. The van der Waals surface area contributed by atoms with Crippen molar-refractivity contribution < 1.29 is 22.7 Å². The van der Waals surface area contributed by atoms with E-state index in [1.807, 2.05) is 61.5 Å². The topological polar surface area (TPSA) is 84.9 Å². The zero-order valence-electron chi connectivity index (χ0n) is 19.4. The van der Waals surface area contributed by atoms with Crippen molar-refractivity contribution in [2.45, 2.75) is 25.9 Å². The van der Waals surface area contributed by atoms with Gasteiger partial charge in [0.25, 0.3) is 0 Å². The first kappa shape index (κ1) is 23.6. The summed E-state index contributed by atoms with van der Waals surface area (Å²) in [5, 5.41) is 3.07. The van der Waals surface area contributed by atoms with Gasteiger partial charge in [-0.05, 0) is 42.7 Å². The average Bonchev–Trinajstić information content (AvgIpc) is 2.82. The number of amides is 1. The summed E-state index contributed by atoms with van der Waals surface area (Å²) >= 11 is 0. The highest BCUT2D eigenvalue weighted by molar-refractivity contribution is 7.92. The van der Waals surface area contributed by atoms with Crippen molar-refractivity contribution in [1.82, 2.24) is 5.32 Å². The molecular formula is C26H28N2O5S. The largest absolute Gasteiger partial charge is 0.486 e. The Kier molecular flexibility index (Phi) is 6.79. The minimum Gasteiger partial charge on any atom is -0.486 e. The van der Waals surface area contributed by atoms with E-state index < -0.39 is 28.0 Å². The van der Waals surface area contributed by atoms with Gasteiger partial charge in [-0.3, -0.25) is 9.10 Å². The van der Waals surface area contributed by atoms with Crippen LogP contribution in [0.5, 0.6) is 11.5 Å². The first-order valence-electron chi connectivity index (χ1n) is 11.1. The van der Waals surface area contributed by atoms with Gasteiger partial charge in [0.05, 0.1) is 18.0 Å². The van der Waals surface area contributed by atoms with Crippen LogP contribution in [-0.2, 0) is 14.8 Å². The molecule has 0 saturated carbocycles. The van der Waals surface area contributed by atoms with Gasteiger partial charge in [-0.15, -0.1) is 0 Å². The number of rotatable bonds is 7. The molecule has 1 N–H and O–H groups in total. The lowest BCUT2D eigenvalue weighted by molar-refractivity contribution is -0.122. The van der Waals surface area contributed by atoms with Gasteiger partial charge < -0.3 is 14.8 Å². The van der Waals surface area contributed by atoms with Crippen LogP contribution in [0.1, 0.15) is 29.7 Å². The predicted octanol–water partition coefficient (Wildman–Crippen LogP) is 3.83. The van der Waals surface area contributed by atoms with E-state index in [-0.39, 0.29) is 0 Å². The van der Waals surface area contributed by atoms with Crippen LogP contribution in [0.15, 0.2) is 72.8 Å². The van der Waals surface area contributed by atoms with Crippen molar-refractivity contribution in [3.63, 3.8) is 0 Å². The fourth-order valence-electron chi connectivity index (χ4n) is 4.14. The standard InChI is InChI=1S/C26H28N2O5S/c1-18-9-7-8-12-22(18)25(20-10-5-4-6-11-20)27-26(29)19(2)28(34(3,30)31)21-13-14-23-24(17-21)33-16-15-32-23/h4-14,17,19,25H,15-16H2,1-3H3,(H,27,29)/t19-,25+/m1/s1. The van der Waals surface area contributed by atoms with Gasteiger partial charge in [-0.25, -0.2) is 8.42 Å². The van der Waals surface area contributed by atoms with Crippen molar-refractivity contribution in [2.24, 2.45) is 0 Å². The summed E-state index contributed by atoms with van der Waals surface area (Å²) in [6.07, 6.45) is 1.09. The summed E-state index contributed by atoms with van der Waals surface area (Å²) in [7, 11) is -3.79. The van der Waals surface area contributed by atoms with E-state index >= 15 is 0 Å². The number of anilines is 1. The molecule has 2 atom stereocenters. The molecule has 1 aliphatic rings. The lowest BCUT2D eigenvalue weighted by Crippen LogP contribution is -2.48. The third-order valence-electron chi connectivity index (χ3n) is 5.79. The Balaban J connectivity index is 1.67. The Morgan fingerprint density at radius 3 is 2.26 bits per heavy atom. The Labute approximate surface area is 200 Å². The van der Waals surface area contributed by atoms with Crippen LogP contribution in [0.3, 0.4) is 0 Å². The summed E-state index contributed by atoms with van der Waals surface area (Å²) in [6, 6.07) is 20.9. The Hall–Kier alpha value is -3.52. The number of benzene rings is 3. The summed E-state index contributed by atoms with van der Waals surface area (Å²) in [6.45, 7) is 4.37. The molecule has 0 radical (unpaired) electrons. The molecule has 0 aromatic heterocycles. The number of carbonyl (C=O) groups is 1. The van der Waals surface area contributed by atoms with Crippen LogP contribution < -0.4 is 19.1 Å². The molecule has 34 heavy (non-hydrogen) atoms. The van der Waals surface area contributed by atoms with Crippen molar-refractivity contribution in [2.75, 3.05) is 23.8 Å². The molecule has 178 valence electrons. The van der Waals surface area contributed by atoms with Gasteiger partial charge in [0.1, 0.15) is 19.3 Å². The molecule has 1 aliphatic heterocycles. The smallest absolute Gasteiger partial charge is 0.244 e. The van der Waals surface area contributed by atoms with Crippen molar-refractivity contribution in [3.05, 3.63) is 89.5 Å². The highest BCUT2D eigenvalue weighted by Crippen LogP contribution is 2.35. The minimum atomic E-state index is -3.79. The summed E-state index contributed by atoms with van der Waals surface area (Å²) in [5.41, 5.74) is 3.21. The van der Waals surface area contributed by atoms with Crippen LogP contribution in [0.25, 0.3) is 0 Å². The fourth-order valence-corrected chi connectivity index (χ4v) is 5.30. The SMILES string of the molecule is Cc1ccccc1[C@@H](NC(=O)[C@@H](C)N(c1ccc2c(c1)OCCO2)S(C)(=O)=O)c1ccccc1. The van der Waals surface area contributed by atoms with E-state index in [1.165, 1.54) is 0 Å². The van der Waals surface area contributed by atoms with Crippen LogP contribution in [0, 0.1) is 6.92 Å². The third kappa shape index (κ3) is 5.02. The molecule has 7 nitrogen and oxygen atoms in total. The molecule has 0 spiro atoms. The molecule has 0 aliphatic carbocycles. The highest BCUT2D eigenvalue weighted by atomic mass is 32.2. The van der Waals surface area contributed by atoms with Crippen molar-refractivity contribution in [1.29, 1.82) is 0 Å². The molecule has 0 bridgehead atoms. The lowest BCUT2D eigenvalue weighted by atomic mass is 9.94. The molecule has 8 heteroatoms. The monoisotopic (exact) mass is 480 g/mol. The predicted molar refractivity (Wildman–Crippen MR) is 132 cm³/mol. The van der Waals surface area contributed by atoms with Crippen LogP contribution >= 0.6 is 0 Å². The number of aryl methyl sites for hydroxylation is 1. The van der Waals surface area contributed by atoms with E-state index in [4.69, 9.17) is 9.47 Å². The van der Waals surface area contributed by atoms with Gasteiger partial charge >= 0.3 is 0 Å². The fraction of sp³-hybridized carbons (Fsp3) is 0.269. The van der Waals surface area contributed by atoms with Crippen LogP contribution in [0.2, 0.25) is 0 Å². The summed E-state index contributed by atoms with van der Waals surface area (Å²) in [4.78, 5) is 13.5. The van der Waals surface area contributed by atoms with Crippen molar-refractivity contribution in [3.8, 4) is 11.5 Å². The minimum absolute atomic E-state index is 0.335. The second-order valence-corrected chi connectivity index (χ2v) is 10.1. The second-order valence-electron chi connectivity index (χ2n) is 8.27. The van der Waals surface area contributed by atoms with Crippen LogP contribution in [0.4, 0.5) is 5.69 Å². The third-order valence-corrected chi connectivity index (χ3v) is 7.03. The summed E-state index contributed by atoms with van der Waals surface area (Å²) < 4.78 is 37.9. The van der Waals surface area contributed by atoms with E-state index in [9.17, 15) is 13.2 Å². The first-order chi connectivity index (χ1) is 16.3. The molecular weight excluding hydrogens is 452 g/mol. The lowest BCUT2D eigenvalue weighted by Gasteiger charge is -2.31. The van der Waals surface area contributed by atoms with E-state index in [0.717, 1.165) is 27.3 Å². The number of carbonyl (C=O) groups excluding carboxylic acids is 1.